The van der Waals surface area contributed by atoms with Crippen molar-refractivity contribution in [3.63, 3.8) is 0 Å². The second-order valence-electron chi connectivity index (χ2n) is 3.81. The summed E-state index contributed by atoms with van der Waals surface area (Å²) in [6.07, 6.45) is 2.55. The number of hydrogen-bond acceptors (Lipinski definition) is 3. The van der Waals surface area contributed by atoms with E-state index < -0.39 is 0 Å². The van der Waals surface area contributed by atoms with E-state index in [-0.39, 0.29) is 5.35 Å². The molecule has 4 heteroatoms. The molecule has 0 N–H and O–H groups in total. The molecule has 1 aromatic heterocycles. The zero-order valence-corrected chi connectivity index (χ0v) is 9.00. The summed E-state index contributed by atoms with van der Waals surface area (Å²) >= 11 is 5.70. The van der Waals surface area contributed by atoms with Gasteiger partial charge in [0.05, 0.1) is 0 Å². The Morgan fingerprint density at radius 2 is 2.07 bits per heavy atom. The first-order chi connectivity index (χ1) is 7.33. The lowest BCUT2D eigenvalue weighted by Crippen LogP contribution is -2.17. The largest absolute Gasteiger partial charge is 0.427 e. The Kier molecular flexibility index (Phi) is 2.06. The zero-order valence-electron chi connectivity index (χ0n) is 8.24. The van der Waals surface area contributed by atoms with Crippen LogP contribution in [0.4, 0.5) is 5.69 Å². The molecule has 15 heavy (non-hydrogen) atoms. The van der Waals surface area contributed by atoms with Gasteiger partial charge in [0.2, 0.25) is 0 Å². The van der Waals surface area contributed by atoms with Crippen molar-refractivity contribution >= 4 is 28.4 Å². The first-order valence-corrected chi connectivity index (χ1v) is 5.52. The normalized spacial score (nSPS) is 16.5. The van der Waals surface area contributed by atoms with E-state index in [1.165, 1.54) is 18.5 Å². The van der Waals surface area contributed by atoms with Crippen LogP contribution in [0.3, 0.4) is 0 Å². The Balaban J connectivity index is 2.04. The van der Waals surface area contributed by atoms with Crippen molar-refractivity contribution in [1.82, 2.24) is 4.98 Å². The van der Waals surface area contributed by atoms with Gasteiger partial charge in [-0.1, -0.05) is 0 Å². The molecule has 1 aliphatic rings. The van der Waals surface area contributed by atoms with Crippen LogP contribution in [0.1, 0.15) is 12.8 Å². The van der Waals surface area contributed by atoms with Crippen LogP contribution >= 0.6 is 11.6 Å². The van der Waals surface area contributed by atoms with Gasteiger partial charge in [0.1, 0.15) is 5.52 Å². The fraction of sp³-hybridized carbons (Fsp3) is 0.364. The number of benzene rings is 1. The molecule has 0 aliphatic carbocycles. The molecule has 0 bridgehead atoms. The standard InChI is InChI=1S/C11H11ClN2O/c12-11-13-9-4-3-8(7-10(9)15-11)14-5-1-2-6-14/h3-4,7H,1-2,5-6H2. The quantitative estimate of drug-likeness (QED) is 0.743. The highest BCUT2D eigenvalue weighted by Gasteiger charge is 2.13. The summed E-state index contributed by atoms with van der Waals surface area (Å²) in [5, 5.41) is 0.212. The van der Waals surface area contributed by atoms with Crippen molar-refractivity contribution < 1.29 is 4.42 Å². The highest BCUT2D eigenvalue weighted by molar-refractivity contribution is 6.28. The molecular formula is C11H11ClN2O. The van der Waals surface area contributed by atoms with E-state index >= 15 is 0 Å². The minimum absolute atomic E-state index is 0.212. The SMILES string of the molecule is Clc1nc2ccc(N3CCCC3)cc2o1. The molecule has 1 saturated heterocycles. The molecule has 1 aliphatic heterocycles. The number of hydrogen-bond donors (Lipinski definition) is 0. The van der Waals surface area contributed by atoms with Gasteiger partial charge in [-0.05, 0) is 36.6 Å². The van der Waals surface area contributed by atoms with Crippen molar-refractivity contribution in [2.75, 3.05) is 18.0 Å². The molecule has 2 heterocycles. The van der Waals surface area contributed by atoms with Gasteiger partial charge in [0.25, 0.3) is 5.35 Å². The van der Waals surface area contributed by atoms with Crippen LogP contribution < -0.4 is 4.90 Å². The Morgan fingerprint density at radius 1 is 1.27 bits per heavy atom. The van der Waals surface area contributed by atoms with Gasteiger partial charge in [0.15, 0.2) is 5.58 Å². The molecular weight excluding hydrogens is 212 g/mol. The first-order valence-electron chi connectivity index (χ1n) is 5.14. The number of oxazole rings is 1. The number of anilines is 1. The number of aromatic nitrogens is 1. The van der Waals surface area contributed by atoms with Crippen LogP contribution in [-0.4, -0.2) is 18.1 Å². The maximum Gasteiger partial charge on any atom is 0.293 e. The zero-order chi connectivity index (χ0) is 10.3. The maximum atomic E-state index is 5.70. The summed E-state index contributed by atoms with van der Waals surface area (Å²) < 4.78 is 5.30. The lowest BCUT2D eigenvalue weighted by atomic mass is 10.2. The summed E-state index contributed by atoms with van der Waals surface area (Å²) in [5.74, 6) is 0. The molecule has 0 radical (unpaired) electrons. The van der Waals surface area contributed by atoms with Crippen molar-refractivity contribution in [3.8, 4) is 0 Å². The van der Waals surface area contributed by atoms with Gasteiger partial charge in [-0.25, -0.2) is 0 Å². The average molecular weight is 223 g/mol. The fourth-order valence-electron chi connectivity index (χ4n) is 2.06. The van der Waals surface area contributed by atoms with Crippen LogP contribution in [-0.2, 0) is 0 Å². The molecule has 3 nitrogen and oxygen atoms in total. The van der Waals surface area contributed by atoms with Gasteiger partial charge in [-0.15, -0.1) is 0 Å². The highest BCUT2D eigenvalue weighted by Crippen LogP contribution is 2.26. The molecule has 0 spiro atoms. The van der Waals surface area contributed by atoms with Crippen molar-refractivity contribution in [2.24, 2.45) is 0 Å². The Bertz CT molecular complexity index is 488. The number of halogens is 1. The molecule has 0 atom stereocenters. The monoisotopic (exact) mass is 222 g/mol. The van der Waals surface area contributed by atoms with Crippen molar-refractivity contribution in [1.29, 1.82) is 0 Å². The summed E-state index contributed by atoms with van der Waals surface area (Å²) in [5.41, 5.74) is 2.79. The van der Waals surface area contributed by atoms with E-state index in [0.29, 0.717) is 0 Å². The Labute approximate surface area is 92.6 Å². The summed E-state index contributed by atoms with van der Waals surface area (Å²) in [7, 11) is 0. The van der Waals surface area contributed by atoms with Crippen LogP contribution in [0.25, 0.3) is 11.1 Å². The fourth-order valence-corrected chi connectivity index (χ4v) is 2.23. The lowest BCUT2D eigenvalue weighted by molar-refractivity contribution is 0.604. The molecule has 1 fully saturated rings. The number of nitrogens with zero attached hydrogens (tertiary/aromatic N) is 2. The smallest absolute Gasteiger partial charge is 0.293 e. The molecule has 0 amide bonds. The summed E-state index contributed by atoms with van der Waals surface area (Å²) in [6, 6.07) is 6.05. The Morgan fingerprint density at radius 3 is 2.87 bits per heavy atom. The summed E-state index contributed by atoms with van der Waals surface area (Å²) in [6.45, 7) is 2.26. The van der Waals surface area contributed by atoms with E-state index in [1.54, 1.807) is 0 Å². The lowest BCUT2D eigenvalue weighted by Gasteiger charge is -2.16. The maximum absolute atomic E-state index is 5.70. The van der Waals surface area contributed by atoms with E-state index in [4.69, 9.17) is 16.0 Å². The third-order valence-corrected chi connectivity index (χ3v) is 2.98. The number of fused-ring (bicyclic) bond motifs is 1. The highest BCUT2D eigenvalue weighted by atomic mass is 35.5. The van der Waals surface area contributed by atoms with Gasteiger partial charge < -0.3 is 9.32 Å². The van der Waals surface area contributed by atoms with E-state index in [1.807, 2.05) is 12.1 Å². The second-order valence-corrected chi connectivity index (χ2v) is 4.14. The van der Waals surface area contributed by atoms with E-state index in [2.05, 4.69) is 16.0 Å². The predicted molar refractivity (Wildman–Crippen MR) is 60.5 cm³/mol. The van der Waals surface area contributed by atoms with Crippen LogP contribution in [0.5, 0.6) is 0 Å². The minimum atomic E-state index is 0.212. The minimum Gasteiger partial charge on any atom is -0.427 e. The van der Waals surface area contributed by atoms with Gasteiger partial charge in [0, 0.05) is 24.8 Å². The van der Waals surface area contributed by atoms with Crippen molar-refractivity contribution in [2.45, 2.75) is 12.8 Å². The number of rotatable bonds is 1. The molecule has 3 rings (SSSR count). The molecule has 0 unspecified atom stereocenters. The predicted octanol–water partition coefficient (Wildman–Crippen LogP) is 3.08. The third kappa shape index (κ3) is 1.57. The van der Waals surface area contributed by atoms with Crippen LogP contribution in [0, 0.1) is 0 Å². The molecule has 2 aromatic rings. The topological polar surface area (TPSA) is 29.3 Å². The van der Waals surface area contributed by atoms with E-state index in [9.17, 15) is 0 Å². The van der Waals surface area contributed by atoms with Crippen LogP contribution in [0.2, 0.25) is 5.35 Å². The summed E-state index contributed by atoms with van der Waals surface area (Å²) in [4.78, 5) is 6.42. The van der Waals surface area contributed by atoms with E-state index in [0.717, 1.165) is 24.2 Å². The van der Waals surface area contributed by atoms with Gasteiger partial charge in [-0.2, -0.15) is 4.98 Å². The third-order valence-electron chi connectivity index (χ3n) is 2.82. The molecule has 78 valence electrons. The Hall–Kier alpha value is -1.22. The molecule has 0 saturated carbocycles. The second kappa shape index (κ2) is 3.42. The average Bonchev–Trinajstić information content (AvgIpc) is 2.82. The van der Waals surface area contributed by atoms with Gasteiger partial charge in [-0.3, -0.25) is 0 Å². The van der Waals surface area contributed by atoms with Crippen LogP contribution in [0.15, 0.2) is 22.6 Å². The first kappa shape index (κ1) is 9.04. The molecule has 1 aromatic carbocycles. The van der Waals surface area contributed by atoms with Crippen molar-refractivity contribution in [3.05, 3.63) is 23.5 Å². The van der Waals surface area contributed by atoms with Gasteiger partial charge >= 0.3 is 0 Å².